The number of aromatic amines is 1. The number of amides is 1. The number of nitrogens with zero attached hydrogens (tertiary/aromatic N) is 5. The number of H-pyrrole nitrogens is 1. The van der Waals surface area contributed by atoms with E-state index in [-0.39, 0.29) is 18.7 Å². The molecule has 0 bridgehead atoms. The van der Waals surface area contributed by atoms with Crippen molar-refractivity contribution in [3.8, 4) is 0 Å². The van der Waals surface area contributed by atoms with Crippen LogP contribution in [0.4, 0.5) is 0 Å². The molecule has 0 unspecified atom stereocenters. The number of aromatic nitrogens is 5. The van der Waals surface area contributed by atoms with E-state index in [1.165, 1.54) is 28.4 Å². The molecule has 1 atom stereocenters. The Morgan fingerprint density at radius 3 is 2.89 bits per heavy atom. The SMILES string of the molecule is Cc1ccccc1[C@]1(O)CCN(C(=O)c2cnc(Cn3cncn3)[nH]c2=O)C1. The van der Waals surface area contributed by atoms with Crippen molar-refractivity contribution in [3.05, 3.63) is 76.0 Å². The van der Waals surface area contributed by atoms with Crippen LogP contribution in [0.2, 0.25) is 0 Å². The van der Waals surface area contributed by atoms with Crippen LogP contribution in [0, 0.1) is 6.92 Å². The maximum atomic E-state index is 12.8. The first kappa shape index (κ1) is 18.1. The van der Waals surface area contributed by atoms with Crippen molar-refractivity contribution in [2.24, 2.45) is 0 Å². The molecule has 1 saturated heterocycles. The van der Waals surface area contributed by atoms with Gasteiger partial charge >= 0.3 is 0 Å². The number of rotatable bonds is 4. The van der Waals surface area contributed by atoms with Gasteiger partial charge in [-0.15, -0.1) is 0 Å². The third-order valence-electron chi connectivity index (χ3n) is 5.04. The molecule has 3 heterocycles. The highest BCUT2D eigenvalue weighted by Crippen LogP contribution is 2.34. The van der Waals surface area contributed by atoms with Crippen LogP contribution >= 0.6 is 0 Å². The summed E-state index contributed by atoms with van der Waals surface area (Å²) in [5.41, 5.74) is 0.100. The maximum absolute atomic E-state index is 12.8. The molecular formula is C19H20N6O3. The van der Waals surface area contributed by atoms with E-state index in [0.29, 0.717) is 18.8 Å². The fourth-order valence-corrected chi connectivity index (χ4v) is 3.58. The van der Waals surface area contributed by atoms with Gasteiger partial charge < -0.3 is 15.0 Å². The highest BCUT2D eigenvalue weighted by Gasteiger charge is 2.41. The summed E-state index contributed by atoms with van der Waals surface area (Å²) in [6.45, 7) is 2.68. The predicted molar refractivity (Wildman–Crippen MR) is 99.6 cm³/mol. The molecule has 0 saturated carbocycles. The summed E-state index contributed by atoms with van der Waals surface area (Å²) in [5.74, 6) is -0.0598. The molecular weight excluding hydrogens is 360 g/mol. The Morgan fingerprint density at radius 1 is 1.36 bits per heavy atom. The van der Waals surface area contributed by atoms with Gasteiger partial charge in [0.25, 0.3) is 11.5 Å². The van der Waals surface area contributed by atoms with Crippen molar-refractivity contribution >= 4 is 5.91 Å². The van der Waals surface area contributed by atoms with Crippen LogP contribution in [-0.2, 0) is 12.1 Å². The molecule has 1 fully saturated rings. The average molecular weight is 380 g/mol. The zero-order chi connectivity index (χ0) is 19.7. The molecule has 1 aliphatic heterocycles. The number of aryl methyl sites for hydroxylation is 1. The summed E-state index contributed by atoms with van der Waals surface area (Å²) in [6.07, 6.45) is 4.59. The number of nitrogens with one attached hydrogen (secondary N) is 1. The molecule has 1 aromatic carbocycles. The molecule has 0 aliphatic carbocycles. The summed E-state index contributed by atoms with van der Waals surface area (Å²) in [4.78, 5) is 37.3. The van der Waals surface area contributed by atoms with E-state index in [0.717, 1.165) is 11.1 Å². The zero-order valence-corrected chi connectivity index (χ0v) is 15.4. The normalized spacial score (nSPS) is 19.1. The first-order valence-electron chi connectivity index (χ1n) is 8.95. The molecule has 4 rings (SSSR count). The fourth-order valence-electron chi connectivity index (χ4n) is 3.58. The van der Waals surface area contributed by atoms with E-state index in [9.17, 15) is 14.7 Å². The Balaban J connectivity index is 1.52. The number of hydrogen-bond donors (Lipinski definition) is 2. The van der Waals surface area contributed by atoms with Crippen LogP contribution in [0.25, 0.3) is 0 Å². The summed E-state index contributed by atoms with van der Waals surface area (Å²) in [5, 5.41) is 15.0. The van der Waals surface area contributed by atoms with Crippen LogP contribution < -0.4 is 5.56 Å². The van der Waals surface area contributed by atoms with Crippen molar-refractivity contribution in [3.63, 3.8) is 0 Å². The lowest BCUT2D eigenvalue weighted by molar-refractivity contribution is 0.0412. The van der Waals surface area contributed by atoms with Crippen molar-refractivity contribution in [2.45, 2.75) is 25.5 Å². The van der Waals surface area contributed by atoms with Crippen molar-refractivity contribution in [1.29, 1.82) is 0 Å². The molecule has 2 N–H and O–H groups in total. The van der Waals surface area contributed by atoms with Crippen LogP contribution in [0.15, 0.2) is 47.9 Å². The minimum Gasteiger partial charge on any atom is -0.383 e. The summed E-state index contributed by atoms with van der Waals surface area (Å²) in [6, 6.07) is 7.58. The van der Waals surface area contributed by atoms with Crippen LogP contribution in [0.3, 0.4) is 0 Å². The Bertz CT molecular complexity index is 1060. The van der Waals surface area contributed by atoms with Crippen molar-refractivity contribution < 1.29 is 9.90 Å². The number of carbonyl (C=O) groups excluding carboxylic acids is 1. The lowest BCUT2D eigenvalue weighted by Crippen LogP contribution is -2.37. The van der Waals surface area contributed by atoms with Crippen molar-refractivity contribution in [1.82, 2.24) is 29.6 Å². The van der Waals surface area contributed by atoms with E-state index in [4.69, 9.17) is 0 Å². The summed E-state index contributed by atoms with van der Waals surface area (Å²) in [7, 11) is 0. The van der Waals surface area contributed by atoms with E-state index in [1.807, 2.05) is 31.2 Å². The van der Waals surface area contributed by atoms with Gasteiger partial charge in [-0.25, -0.2) is 14.6 Å². The molecule has 144 valence electrons. The number of carbonyl (C=O) groups is 1. The van der Waals surface area contributed by atoms with Crippen LogP contribution in [0.1, 0.15) is 33.7 Å². The van der Waals surface area contributed by atoms with Crippen LogP contribution in [-0.4, -0.2) is 53.7 Å². The van der Waals surface area contributed by atoms with Gasteiger partial charge in [0.15, 0.2) is 0 Å². The standard InChI is InChI=1S/C19H20N6O3/c1-13-4-2-3-5-15(13)19(28)6-7-24(10-19)18(27)14-8-21-16(23-17(14)26)9-25-12-20-11-22-25/h2-5,8,11-12,28H,6-7,9-10H2,1H3,(H,21,23,26)/t19-/m0/s1. The zero-order valence-electron chi connectivity index (χ0n) is 15.4. The highest BCUT2D eigenvalue weighted by molar-refractivity contribution is 5.93. The number of benzene rings is 1. The van der Waals surface area contributed by atoms with Gasteiger partial charge in [0.1, 0.15) is 36.2 Å². The number of aliphatic hydroxyl groups is 1. The average Bonchev–Trinajstić information content (AvgIpc) is 3.32. The second kappa shape index (κ2) is 7.01. The van der Waals surface area contributed by atoms with Gasteiger partial charge in [0, 0.05) is 12.7 Å². The molecule has 2 aromatic heterocycles. The maximum Gasteiger partial charge on any atom is 0.263 e. The number of β-amino-alcohol motifs (C(OH)–C–C–N with tert-alkyl or cyclic N) is 1. The highest BCUT2D eigenvalue weighted by atomic mass is 16.3. The quantitative estimate of drug-likeness (QED) is 0.679. The Labute approximate surface area is 160 Å². The minimum atomic E-state index is -1.12. The van der Waals surface area contributed by atoms with Gasteiger partial charge in [-0.1, -0.05) is 24.3 Å². The summed E-state index contributed by atoms with van der Waals surface area (Å²) >= 11 is 0. The second-order valence-electron chi connectivity index (χ2n) is 6.99. The molecule has 9 heteroatoms. The van der Waals surface area contributed by atoms with E-state index in [2.05, 4.69) is 20.1 Å². The Kier molecular flexibility index (Phi) is 4.52. The third-order valence-corrected chi connectivity index (χ3v) is 5.04. The van der Waals surface area contributed by atoms with Crippen molar-refractivity contribution in [2.75, 3.05) is 13.1 Å². The monoisotopic (exact) mass is 380 g/mol. The second-order valence-corrected chi connectivity index (χ2v) is 6.99. The largest absolute Gasteiger partial charge is 0.383 e. The first-order valence-corrected chi connectivity index (χ1v) is 8.95. The Morgan fingerprint density at radius 2 is 2.18 bits per heavy atom. The van der Waals surface area contributed by atoms with Gasteiger partial charge in [-0.2, -0.15) is 5.10 Å². The fraction of sp³-hybridized carbons (Fsp3) is 0.316. The first-order chi connectivity index (χ1) is 13.5. The van der Waals surface area contributed by atoms with Gasteiger partial charge in [0.05, 0.1) is 6.54 Å². The molecule has 1 amide bonds. The lowest BCUT2D eigenvalue weighted by atomic mass is 9.89. The van der Waals surface area contributed by atoms with Gasteiger partial charge in [0.2, 0.25) is 0 Å². The topological polar surface area (TPSA) is 117 Å². The number of hydrogen-bond acceptors (Lipinski definition) is 6. The lowest BCUT2D eigenvalue weighted by Gasteiger charge is -2.25. The molecule has 0 spiro atoms. The number of likely N-dealkylation sites (tertiary alicyclic amines) is 1. The molecule has 0 radical (unpaired) electrons. The smallest absolute Gasteiger partial charge is 0.263 e. The van der Waals surface area contributed by atoms with E-state index in [1.54, 1.807) is 0 Å². The molecule has 28 heavy (non-hydrogen) atoms. The Hall–Kier alpha value is -3.33. The molecule has 9 nitrogen and oxygen atoms in total. The van der Waals surface area contributed by atoms with Gasteiger partial charge in [-0.05, 0) is 24.5 Å². The molecule has 3 aromatic rings. The summed E-state index contributed by atoms with van der Waals surface area (Å²) < 4.78 is 1.52. The molecule has 1 aliphatic rings. The third kappa shape index (κ3) is 3.31. The van der Waals surface area contributed by atoms with Gasteiger partial charge in [-0.3, -0.25) is 9.59 Å². The van der Waals surface area contributed by atoms with Crippen LogP contribution in [0.5, 0.6) is 0 Å². The predicted octanol–water partition coefficient (Wildman–Crippen LogP) is 0.452. The van der Waals surface area contributed by atoms with E-state index >= 15 is 0 Å². The minimum absolute atomic E-state index is 0.0450. The van der Waals surface area contributed by atoms with E-state index < -0.39 is 17.1 Å².